The van der Waals surface area contributed by atoms with E-state index < -0.39 is 28.5 Å². The second kappa shape index (κ2) is 14.4. The van der Waals surface area contributed by atoms with Gasteiger partial charge >= 0.3 is 0 Å². The molecule has 7 nitrogen and oxygen atoms in total. The molecule has 0 unspecified atom stereocenters. The third-order valence-electron chi connectivity index (χ3n) is 6.92. The SMILES string of the molecule is Cc1ccc(S(=O)(=O)N(CC(=O)N(Cc2ccc(Cl)c(Cl)c2)[C@@H](C)C(=O)NCC(C)C)c2ccc(C(C)C)cc2)cc1. The number of nitrogens with zero attached hydrogens (tertiary/aromatic N) is 2. The normalized spacial score (nSPS) is 12.3. The summed E-state index contributed by atoms with van der Waals surface area (Å²) in [6.45, 7) is 11.5. The van der Waals surface area contributed by atoms with Gasteiger partial charge in [0.15, 0.2) is 0 Å². The summed E-state index contributed by atoms with van der Waals surface area (Å²) in [4.78, 5) is 28.6. The van der Waals surface area contributed by atoms with E-state index in [0.717, 1.165) is 15.4 Å². The lowest BCUT2D eigenvalue weighted by atomic mass is 10.0. The number of hydrogen-bond donors (Lipinski definition) is 1. The fourth-order valence-electron chi connectivity index (χ4n) is 4.26. The molecule has 3 rings (SSSR count). The van der Waals surface area contributed by atoms with E-state index in [9.17, 15) is 18.0 Å². The predicted octanol–water partition coefficient (Wildman–Crippen LogP) is 6.81. The lowest BCUT2D eigenvalue weighted by molar-refractivity contribution is -0.139. The van der Waals surface area contributed by atoms with Crippen molar-refractivity contribution in [1.82, 2.24) is 10.2 Å². The van der Waals surface area contributed by atoms with Crippen LogP contribution in [0, 0.1) is 12.8 Å². The number of nitrogens with one attached hydrogen (secondary N) is 1. The molecule has 0 bridgehead atoms. The predicted molar refractivity (Wildman–Crippen MR) is 171 cm³/mol. The highest BCUT2D eigenvalue weighted by atomic mass is 35.5. The average Bonchev–Trinajstić information content (AvgIpc) is 2.94. The van der Waals surface area contributed by atoms with Gasteiger partial charge in [-0.25, -0.2) is 8.42 Å². The van der Waals surface area contributed by atoms with E-state index in [1.54, 1.807) is 49.4 Å². The molecule has 2 amide bonds. The molecule has 0 spiro atoms. The number of rotatable bonds is 12. The van der Waals surface area contributed by atoms with Gasteiger partial charge in [0, 0.05) is 13.1 Å². The maximum Gasteiger partial charge on any atom is 0.264 e. The van der Waals surface area contributed by atoms with Crippen LogP contribution in [0.25, 0.3) is 0 Å². The Morgan fingerprint density at radius 3 is 2.02 bits per heavy atom. The quantitative estimate of drug-likeness (QED) is 0.238. The van der Waals surface area contributed by atoms with Crippen molar-refractivity contribution in [1.29, 1.82) is 0 Å². The second-order valence-electron chi connectivity index (χ2n) is 11.2. The van der Waals surface area contributed by atoms with Crippen LogP contribution >= 0.6 is 23.2 Å². The fourth-order valence-corrected chi connectivity index (χ4v) is 6.00. The highest BCUT2D eigenvalue weighted by Crippen LogP contribution is 2.28. The number of carbonyl (C=O) groups is 2. The van der Waals surface area contributed by atoms with Gasteiger partial charge in [-0.1, -0.05) is 86.8 Å². The topological polar surface area (TPSA) is 86.8 Å². The Bertz CT molecular complexity index is 1490. The maximum atomic E-state index is 14.1. The molecule has 1 N–H and O–H groups in total. The van der Waals surface area contributed by atoms with Crippen molar-refractivity contribution in [2.45, 2.75) is 64.9 Å². The van der Waals surface area contributed by atoms with Crippen molar-refractivity contribution < 1.29 is 18.0 Å². The molecule has 0 aliphatic heterocycles. The van der Waals surface area contributed by atoms with Crippen LogP contribution in [-0.4, -0.2) is 44.3 Å². The number of anilines is 1. The van der Waals surface area contributed by atoms with E-state index >= 15 is 0 Å². The standard InChI is InChI=1S/C32H39Cl2N3O4S/c1-21(2)18-35-32(39)24(6)36(19-25-9-16-29(33)30(34)17-25)31(38)20-37(27-12-10-26(11-13-27)22(3)4)42(40,41)28-14-7-23(5)8-15-28/h7-17,21-22,24H,18-20H2,1-6H3,(H,35,39)/t24-/m0/s1. The van der Waals surface area contributed by atoms with Gasteiger partial charge in [0.1, 0.15) is 12.6 Å². The number of amides is 2. The Balaban J connectivity index is 2.04. The van der Waals surface area contributed by atoms with E-state index in [2.05, 4.69) is 5.32 Å². The molecule has 0 aromatic heterocycles. The van der Waals surface area contributed by atoms with E-state index in [-0.39, 0.29) is 29.2 Å². The molecule has 0 saturated carbocycles. The van der Waals surface area contributed by atoms with Gasteiger partial charge in [-0.05, 0) is 73.2 Å². The minimum absolute atomic E-state index is 0.0245. The largest absolute Gasteiger partial charge is 0.354 e. The van der Waals surface area contributed by atoms with Crippen LogP contribution in [0.1, 0.15) is 57.2 Å². The summed E-state index contributed by atoms with van der Waals surface area (Å²) in [5.74, 6) is -0.428. The first-order chi connectivity index (χ1) is 19.7. The summed E-state index contributed by atoms with van der Waals surface area (Å²) in [7, 11) is -4.14. The van der Waals surface area contributed by atoms with E-state index in [4.69, 9.17) is 23.2 Å². The lowest BCUT2D eigenvalue weighted by Crippen LogP contribution is -2.51. The molecule has 1 atom stereocenters. The number of halogens is 2. The molecule has 0 aliphatic carbocycles. The van der Waals surface area contributed by atoms with Gasteiger partial charge in [-0.3, -0.25) is 13.9 Å². The van der Waals surface area contributed by atoms with E-state index in [1.807, 2.05) is 46.8 Å². The number of sulfonamides is 1. The summed E-state index contributed by atoms with van der Waals surface area (Å²) in [5.41, 5.74) is 2.94. The molecule has 0 aliphatic rings. The minimum atomic E-state index is -4.14. The van der Waals surface area contributed by atoms with Crippen LogP contribution < -0.4 is 9.62 Å². The van der Waals surface area contributed by atoms with Crippen LogP contribution in [0.2, 0.25) is 10.0 Å². The van der Waals surface area contributed by atoms with Crippen molar-refractivity contribution in [3.63, 3.8) is 0 Å². The Morgan fingerprint density at radius 1 is 0.857 bits per heavy atom. The first-order valence-electron chi connectivity index (χ1n) is 13.9. The average molecular weight is 633 g/mol. The monoisotopic (exact) mass is 631 g/mol. The molecular weight excluding hydrogens is 593 g/mol. The summed E-state index contributed by atoms with van der Waals surface area (Å²) >= 11 is 12.3. The molecule has 0 heterocycles. The third kappa shape index (κ3) is 8.49. The van der Waals surface area contributed by atoms with Gasteiger partial charge < -0.3 is 10.2 Å². The molecule has 0 radical (unpaired) electrons. The highest BCUT2D eigenvalue weighted by Gasteiger charge is 2.32. The number of hydrogen-bond acceptors (Lipinski definition) is 4. The second-order valence-corrected chi connectivity index (χ2v) is 13.8. The van der Waals surface area contributed by atoms with Crippen molar-refractivity contribution in [2.75, 3.05) is 17.4 Å². The van der Waals surface area contributed by atoms with Crippen molar-refractivity contribution in [3.8, 4) is 0 Å². The number of carbonyl (C=O) groups excluding carboxylic acids is 2. The lowest BCUT2D eigenvalue weighted by Gasteiger charge is -2.32. The summed E-state index contributed by atoms with van der Waals surface area (Å²) in [6, 6.07) is 17.7. The van der Waals surface area contributed by atoms with E-state index in [0.29, 0.717) is 27.8 Å². The Kier molecular flexibility index (Phi) is 11.5. The minimum Gasteiger partial charge on any atom is -0.354 e. The summed E-state index contributed by atoms with van der Waals surface area (Å²) in [6.07, 6.45) is 0. The fraction of sp³-hybridized carbons (Fsp3) is 0.375. The van der Waals surface area contributed by atoms with Gasteiger partial charge in [0.05, 0.1) is 20.6 Å². The van der Waals surface area contributed by atoms with E-state index in [1.165, 1.54) is 17.0 Å². The number of benzene rings is 3. The molecular formula is C32H39Cl2N3O4S. The number of aryl methyl sites for hydroxylation is 1. The van der Waals surface area contributed by atoms with Crippen molar-refractivity contribution in [3.05, 3.63) is 93.5 Å². The molecule has 10 heteroatoms. The first kappa shape index (κ1) is 33.4. The molecule has 226 valence electrons. The Hall–Kier alpha value is -3.07. The molecule has 0 fully saturated rings. The van der Waals surface area contributed by atoms with Gasteiger partial charge in [0.2, 0.25) is 11.8 Å². The van der Waals surface area contributed by atoms with Crippen molar-refractivity contribution in [2.24, 2.45) is 5.92 Å². The molecule has 3 aromatic carbocycles. The van der Waals surface area contributed by atoms with Crippen molar-refractivity contribution >= 4 is 50.7 Å². The molecule has 0 saturated heterocycles. The molecule has 42 heavy (non-hydrogen) atoms. The third-order valence-corrected chi connectivity index (χ3v) is 9.45. The summed E-state index contributed by atoms with van der Waals surface area (Å²) < 4.78 is 29.1. The van der Waals surface area contributed by atoms with Crippen LogP contribution in [0.4, 0.5) is 5.69 Å². The Morgan fingerprint density at radius 2 is 1.48 bits per heavy atom. The maximum absolute atomic E-state index is 14.1. The van der Waals surface area contributed by atoms with Crippen LogP contribution in [-0.2, 0) is 26.2 Å². The molecule has 3 aromatic rings. The zero-order chi connectivity index (χ0) is 31.2. The smallest absolute Gasteiger partial charge is 0.264 e. The first-order valence-corrected chi connectivity index (χ1v) is 16.1. The van der Waals surface area contributed by atoms with Gasteiger partial charge in [0.25, 0.3) is 10.0 Å². The van der Waals surface area contributed by atoms with Crippen LogP contribution in [0.5, 0.6) is 0 Å². The summed E-state index contributed by atoms with van der Waals surface area (Å²) in [5, 5.41) is 3.55. The Labute approximate surface area is 259 Å². The van der Waals surface area contributed by atoms with Gasteiger partial charge in [-0.2, -0.15) is 0 Å². The highest BCUT2D eigenvalue weighted by molar-refractivity contribution is 7.92. The van der Waals surface area contributed by atoms with Crippen LogP contribution in [0.3, 0.4) is 0 Å². The zero-order valence-electron chi connectivity index (χ0n) is 24.9. The van der Waals surface area contributed by atoms with Crippen LogP contribution in [0.15, 0.2) is 71.6 Å². The zero-order valence-corrected chi connectivity index (χ0v) is 27.2. The van der Waals surface area contributed by atoms with Gasteiger partial charge in [-0.15, -0.1) is 0 Å².